The van der Waals surface area contributed by atoms with Gasteiger partial charge in [0.2, 0.25) is 0 Å². The minimum absolute atomic E-state index is 0.105. The van der Waals surface area contributed by atoms with E-state index in [1.165, 1.54) is 12.8 Å². The zero-order valence-corrected chi connectivity index (χ0v) is 19.5. The Bertz CT molecular complexity index is 793. The lowest BCUT2D eigenvalue weighted by Crippen LogP contribution is -2.49. The Morgan fingerprint density at radius 3 is 2.55 bits per heavy atom. The van der Waals surface area contributed by atoms with Gasteiger partial charge in [-0.1, -0.05) is 6.07 Å². The molecular weight excluding hydrogens is 431 g/mol. The third-order valence-corrected chi connectivity index (χ3v) is 7.24. The highest BCUT2D eigenvalue weighted by atomic mass is 19.4. The maximum Gasteiger partial charge on any atom is 0.390 e. The lowest BCUT2D eigenvalue weighted by Gasteiger charge is -2.40. The van der Waals surface area contributed by atoms with Crippen LogP contribution in [-0.2, 0) is 0 Å². The zero-order valence-electron chi connectivity index (χ0n) is 19.5. The first-order valence-electron chi connectivity index (χ1n) is 12.3. The predicted octanol–water partition coefficient (Wildman–Crippen LogP) is 3.54. The number of alkyl halides is 3. The van der Waals surface area contributed by atoms with Crippen molar-refractivity contribution >= 4 is 11.7 Å². The number of piperidine rings is 1. The van der Waals surface area contributed by atoms with Crippen molar-refractivity contribution in [3.63, 3.8) is 0 Å². The normalized spacial score (nSPS) is 22.7. The molecule has 1 aliphatic carbocycles. The topological polar surface area (TPSA) is 51.7 Å². The number of amides is 1. The fourth-order valence-corrected chi connectivity index (χ4v) is 5.06. The molecule has 1 aromatic rings. The Balaban J connectivity index is 1.27. The van der Waals surface area contributed by atoms with E-state index >= 15 is 0 Å². The summed E-state index contributed by atoms with van der Waals surface area (Å²) in [7, 11) is 0. The Morgan fingerprint density at radius 2 is 1.85 bits per heavy atom. The summed E-state index contributed by atoms with van der Waals surface area (Å²) >= 11 is 0. The highest BCUT2D eigenvalue weighted by molar-refractivity contribution is 5.92. The molecule has 184 valence electrons. The number of aromatic nitrogens is 1. The van der Waals surface area contributed by atoms with Gasteiger partial charge in [-0.3, -0.25) is 9.69 Å². The zero-order chi connectivity index (χ0) is 23.4. The van der Waals surface area contributed by atoms with Gasteiger partial charge in [0.05, 0.1) is 6.42 Å². The third-order valence-electron chi connectivity index (χ3n) is 7.24. The van der Waals surface area contributed by atoms with Gasteiger partial charge in [-0.15, -0.1) is 0 Å². The largest absolute Gasteiger partial charge is 0.390 e. The number of rotatable bonds is 7. The molecule has 0 spiro atoms. The van der Waals surface area contributed by atoms with Crippen molar-refractivity contribution in [3.05, 3.63) is 23.9 Å². The quantitative estimate of drug-likeness (QED) is 0.665. The molecule has 0 bridgehead atoms. The molecule has 2 saturated heterocycles. The van der Waals surface area contributed by atoms with E-state index in [4.69, 9.17) is 0 Å². The molecule has 4 rings (SSSR count). The number of hydrogen-bond acceptors (Lipinski definition) is 5. The van der Waals surface area contributed by atoms with Gasteiger partial charge in [0.25, 0.3) is 5.91 Å². The molecule has 1 saturated carbocycles. The number of likely N-dealkylation sites (tertiary alicyclic amines) is 1. The number of nitrogens with one attached hydrogen (secondary N) is 1. The van der Waals surface area contributed by atoms with Crippen molar-refractivity contribution in [2.75, 3.05) is 50.7 Å². The third kappa shape index (κ3) is 7.06. The number of anilines is 1. The van der Waals surface area contributed by atoms with Crippen LogP contribution in [0, 0.1) is 5.92 Å². The van der Waals surface area contributed by atoms with Crippen LogP contribution in [0.25, 0.3) is 0 Å². The van der Waals surface area contributed by atoms with Gasteiger partial charge in [0.1, 0.15) is 11.5 Å². The summed E-state index contributed by atoms with van der Waals surface area (Å²) in [6.07, 6.45) is 0.390. The maximum atomic E-state index is 12.7. The molecular formula is C24H36F3N5O. The average molecular weight is 468 g/mol. The Labute approximate surface area is 194 Å². The fraction of sp³-hybridized carbons (Fsp3) is 0.750. The lowest BCUT2D eigenvalue weighted by molar-refractivity contribution is -0.147. The van der Waals surface area contributed by atoms with Crippen molar-refractivity contribution in [1.82, 2.24) is 20.1 Å². The van der Waals surface area contributed by atoms with Crippen molar-refractivity contribution in [2.24, 2.45) is 5.92 Å². The minimum atomic E-state index is -4.10. The van der Waals surface area contributed by atoms with Crippen LogP contribution in [0.1, 0.15) is 55.9 Å². The van der Waals surface area contributed by atoms with Crippen molar-refractivity contribution in [1.29, 1.82) is 0 Å². The van der Waals surface area contributed by atoms with E-state index in [9.17, 15) is 18.0 Å². The SMILES string of the molecule is CC(CC(F)(F)F)N1CCC(N2CCCN(c3cccc(C(=O)NCC4CC4)n3)CC2)CC1. The van der Waals surface area contributed by atoms with E-state index in [2.05, 4.69) is 20.1 Å². The second kappa shape index (κ2) is 10.6. The fourth-order valence-electron chi connectivity index (χ4n) is 5.06. The van der Waals surface area contributed by atoms with Crippen LogP contribution in [0.5, 0.6) is 0 Å². The Kier molecular flexibility index (Phi) is 7.79. The van der Waals surface area contributed by atoms with Gasteiger partial charge < -0.3 is 15.1 Å². The van der Waals surface area contributed by atoms with Crippen molar-refractivity contribution in [3.8, 4) is 0 Å². The van der Waals surface area contributed by atoms with E-state index in [1.807, 2.05) is 17.0 Å². The summed E-state index contributed by atoms with van der Waals surface area (Å²) in [5.41, 5.74) is 0.467. The predicted molar refractivity (Wildman–Crippen MR) is 122 cm³/mol. The van der Waals surface area contributed by atoms with Gasteiger partial charge in [-0.25, -0.2) is 4.98 Å². The van der Waals surface area contributed by atoms with Crippen LogP contribution in [0.2, 0.25) is 0 Å². The molecule has 1 amide bonds. The highest BCUT2D eigenvalue weighted by Crippen LogP contribution is 2.28. The van der Waals surface area contributed by atoms with Crippen LogP contribution >= 0.6 is 0 Å². The molecule has 1 N–H and O–H groups in total. The smallest absolute Gasteiger partial charge is 0.355 e. The summed E-state index contributed by atoms with van der Waals surface area (Å²) in [5.74, 6) is 1.37. The number of halogens is 3. The second-order valence-corrected chi connectivity index (χ2v) is 9.85. The van der Waals surface area contributed by atoms with Gasteiger partial charge in [-0.05, 0) is 70.2 Å². The number of nitrogens with zero attached hydrogens (tertiary/aromatic N) is 4. The summed E-state index contributed by atoms with van der Waals surface area (Å²) < 4.78 is 38.2. The summed E-state index contributed by atoms with van der Waals surface area (Å²) in [6.45, 7) is 7.48. The number of carbonyl (C=O) groups is 1. The van der Waals surface area contributed by atoms with E-state index in [1.54, 1.807) is 13.0 Å². The lowest BCUT2D eigenvalue weighted by atomic mass is 10.0. The van der Waals surface area contributed by atoms with Gasteiger partial charge in [0.15, 0.2) is 0 Å². The highest BCUT2D eigenvalue weighted by Gasteiger charge is 2.34. The molecule has 3 fully saturated rings. The monoisotopic (exact) mass is 467 g/mol. The van der Waals surface area contributed by atoms with Crippen LogP contribution in [0.4, 0.5) is 19.0 Å². The summed E-state index contributed by atoms with van der Waals surface area (Å²) in [6, 6.07) is 5.60. The molecule has 6 nitrogen and oxygen atoms in total. The molecule has 9 heteroatoms. The molecule has 33 heavy (non-hydrogen) atoms. The average Bonchev–Trinajstić information content (AvgIpc) is 3.63. The van der Waals surface area contributed by atoms with Crippen molar-refractivity contribution in [2.45, 2.75) is 63.7 Å². The van der Waals surface area contributed by atoms with Crippen molar-refractivity contribution < 1.29 is 18.0 Å². The van der Waals surface area contributed by atoms with Crippen LogP contribution in [0.3, 0.4) is 0 Å². The summed E-state index contributed by atoms with van der Waals surface area (Å²) in [5, 5.41) is 2.98. The van der Waals surface area contributed by atoms with E-state index in [0.29, 0.717) is 17.7 Å². The minimum Gasteiger partial charge on any atom is -0.355 e. The first-order valence-corrected chi connectivity index (χ1v) is 12.3. The standard InChI is InChI=1S/C24H36F3N5O/c1-18(16-24(25,26)27)30-12-8-20(9-13-30)31-10-3-11-32(15-14-31)22-5-2-4-21(29-22)23(33)28-17-19-6-7-19/h2,4-5,18-20H,3,6-17H2,1H3,(H,28,33). The Morgan fingerprint density at radius 1 is 1.09 bits per heavy atom. The molecule has 2 aliphatic heterocycles. The van der Waals surface area contributed by atoms with Gasteiger partial charge in [0, 0.05) is 44.8 Å². The van der Waals surface area contributed by atoms with Gasteiger partial charge >= 0.3 is 6.18 Å². The van der Waals surface area contributed by atoms with E-state index in [0.717, 1.165) is 70.9 Å². The number of carbonyl (C=O) groups excluding carboxylic acids is 1. The number of pyridine rings is 1. The molecule has 0 aromatic carbocycles. The van der Waals surface area contributed by atoms with Gasteiger partial charge in [-0.2, -0.15) is 13.2 Å². The summed E-state index contributed by atoms with van der Waals surface area (Å²) in [4.78, 5) is 23.8. The first-order chi connectivity index (χ1) is 15.8. The van der Waals surface area contributed by atoms with Crippen LogP contribution < -0.4 is 10.2 Å². The van der Waals surface area contributed by atoms with Crippen LogP contribution in [-0.4, -0.2) is 84.8 Å². The molecule has 0 radical (unpaired) electrons. The molecule has 1 unspecified atom stereocenters. The number of hydrogen-bond donors (Lipinski definition) is 1. The van der Waals surface area contributed by atoms with E-state index in [-0.39, 0.29) is 5.91 Å². The van der Waals surface area contributed by atoms with E-state index < -0.39 is 18.6 Å². The molecule has 3 aliphatic rings. The molecule has 3 heterocycles. The molecule has 1 atom stereocenters. The van der Waals surface area contributed by atoms with Crippen LogP contribution in [0.15, 0.2) is 18.2 Å². The maximum absolute atomic E-state index is 12.7. The Hall–Kier alpha value is -1.87. The second-order valence-electron chi connectivity index (χ2n) is 9.85. The molecule has 1 aromatic heterocycles. The first kappa shape index (κ1) is 24.3.